The summed E-state index contributed by atoms with van der Waals surface area (Å²) in [6.45, 7) is 0. The highest BCUT2D eigenvalue weighted by molar-refractivity contribution is 7.98. The monoisotopic (exact) mass is 259 g/mol. The largest absolute Gasteiger partial charge is 0.478 e. The van der Waals surface area contributed by atoms with Crippen molar-refractivity contribution in [2.24, 2.45) is 0 Å². The van der Waals surface area contributed by atoms with E-state index in [1.807, 2.05) is 12.3 Å². The van der Waals surface area contributed by atoms with Gasteiger partial charge in [-0.25, -0.2) is 14.8 Å². The second-order valence-corrected chi connectivity index (χ2v) is 4.56. The molecule has 0 bridgehead atoms. The zero-order valence-electron chi connectivity index (χ0n) is 9.47. The molecule has 0 saturated carbocycles. The maximum Gasteiger partial charge on any atom is 0.337 e. The van der Waals surface area contributed by atoms with Crippen molar-refractivity contribution in [1.29, 1.82) is 0 Å². The first kappa shape index (κ1) is 11.0. The van der Waals surface area contributed by atoms with E-state index in [-0.39, 0.29) is 5.56 Å². The lowest BCUT2D eigenvalue weighted by atomic mass is 10.1. The van der Waals surface area contributed by atoms with E-state index in [9.17, 15) is 4.79 Å². The van der Waals surface area contributed by atoms with Gasteiger partial charge in [-0.1, -0.05) is 23.9 Å². The summed E-state index contributed by atoms with van der Waals surface area (Å²) in [5.74, 6) is -0.945. The van der Waals surface area contributed by atoms with Gasteiger partial charge in [-0.05, 0) is 6.26 Å². The molecule has 90 valence electrons. The van der Waals surface area contributed by atoms with Gasteiger partial charge in [0.1, 0.15) is 0 Å². The molecule has 0 radical (unpaired) electrons. The van der Waals surface area contributed by atoms with Crippen LogP contribution in [0.15, 0.2) is 29.7 Å². The number of carboxylic acids is 1. The van der Waals surface area contributed by atoms with Gasteiger partial charge in [-0.15, -0.1) is 0 Å². The summed E-state index contributed by atoms with van der Waals surface area (Å²) >= 11 is 1.45. The van der Waals surface area contributed by atoms with Gasteiger partial charge in [0, 0.05) is 23.2 Å². The number of aromatic carboxylic acids is 1. The molecule has 0 saturated heterocycles. The van der Waals surface area contributed by atoms with E-state index in [0.29, 0.717) is 10.5 Å². The van der Waals surface area contributed by atoms with Crippen molar-refractivity contribution in [3.05, 3.63) is 30.1 Å². The molecule has 5 nitrogen and oxygen atoms in total. The number of benzene rings is 1. The number of nitrogens with zero attached hydrogens (tertiary/aromatic N) is 2. The summed E-state index contributed by atoms with van der Waals surface area (Å²) in [7, 11) is 0. The molecule has 0 amide bonds. The Morgan fingerprint density at radius 3 is 3.00 bits per heavy atom. The lowest BCUT2D eigenvalue weighted by molar-refractivity contribution is 0.0699. The summed E-state index contributed by atoms with van der Waals surface area (Å²) in [6.07, 6.45) is 5.14. The minimum Gasteiger partial charge on any atom is -0.478 e. The maximum atomic E-state index is 11.1. The number of thioether (sulfide) groups is 1. The molecule has 0 spiro atoms. The first-order valence-electron chi connectivity index (χ1n) is 5.25. The third kappa shape index (κ3) is 1.53. The molecule has 0 atom stereocenters. The Kier molecular flexibility index (Phi) is 2.45. The number of aromatic amines is 1. The summed E-state index contributed by atoms with van der Waals surface area (Å²) in [5.41, 5.74) is 1.75. The van der Waals surface area contributed by atoms with Gasteiger partial charge in [0.25, 0.3) is 0 Å². The van der Waals surface area contributed by atoms with Crippen LogP contribution in [0.2, 0.25) is 0 Å². The number of rotatable bonds is 2. The quantitative estimate of drug-likeness (QED) is 0.546. The van der Waals surface area contributed by atoms with Gasteiger partial charge in [0.2, 0.25) is 0 Å². The van der Waals surface area contributed by atoms with Crippen LogP contribution in [0.1, 0.15) is 10.4 Å². The van der Waals surface area contributed by atoms with Crippen LogP contribution < -0.4 is 0 Å². The highest BCUT2D eigenvalue weighted by Crippen LogP contribution is 2.26. The van der Waals surface area contributed by atoms with Crippen molar-refractivity contribution in [1.82, 2.24) is 15.0 Å². The molecule has 18 heavy (non-hydrogen) atoms. The van der Waals surface area contributed by atoms with E-state index >= 15 is 0 Å². The SMILES string of the molecule is CSc1ncc2ccc3c(C(=O)O)c[nH]c3c2n1. The van der Waals surface area contributed by atoms with E-state index in [1.54, 1.807) is 12.3 Å². The second kappa shape index (κ2) is 3.99. The van der Waals surface area contributed by atoms with Gasteiger partial charge in [0.15, 0.2) is 5.16 Å². The van der Waals surface area contributed by atoms with Crippen molar-refractivity contribution < 1.29 is 9.90 Å². The molecule has 1 aromatic carbocycles. The number of H-pyrrole nitrogens is 1. The zero-order chi connectivity index (χ0) is 12.7. The molecular formula is C12H9N3O2S. The molecule has 0 aliphatic carbocycles. The summed E-state index contributed by atoms with van der Waals surface area (Å²) < 4.78 is 0. The predicted molar refractivity (Wildman–Crippen MR) is 70.1 cm³/mol. The zero-order valence-corrected chi connectivity index (χ0v) is 10.3. The topological polar surface area (TPSA) is 78.9 Å². The van der Waals surface area contributed by atoms with Gasteiger partial charge in [-0.2, -0.15) is 0 Å². The molecule has 2 N–H and O–H groups in total. The summed E-state index contributed by atoms with van der Waals surface area (Å²) in [5, 5.41) is 11.3. The minimum absolute atomic E-state index is 0.260. The van der Waals surface area contributed by atoms with Gasteiger partial charge in [0.05, 0.1) is 16.6 Å². The normalized spacial score (nSPS) is 11.2. The lowest BCUT2D eigenvalue weighted by Gasteiger charge is -2.01. The van der Waals surface area contributed by atoms with Gasteiger partial charge >= 0.3 is 5.97 Å². The Bertz CT molecular complexity index is 766. The fourth-order valence-corrected chi connectivity index (χ4v) is 2.29. The fourth-order valence-electron chi connectivity index (χ4n) is 1.95. The van der Waals surface area contributed by atoms with Crippen LogP contribution in [-0.4, -0.2) is 32.3 Å². The number of aromatic nitrogens is 3. The maximum absolute atomic E-state index is 11.1. The van der Waals surface area contributed by atoms with Crippen LogP contribution >= 0.6 is 11.8 Å². The molecule has 0 aliphatic heterocycles. The third-order valence-corrected chi connectivity index (χ3v) is 3.36. The molecule has 0 fully saturated rings. The van der Waals surface area contributed by atoms with E-state index in [0.717, 1.165) is 16.4 Å². The molecule has 3 rings (SSSR count). The summed E-state index contributed by atoms with van der Waals surface area (Å²) in [4.78, 5) is 22.7. The highest BCUT2D eigenvalue weighted by Gasteiger charge is 2.13. The van der Waals surface area contributed by atoms with E-state index in [2.05, 4.69) is 15.0 Å². The average Bonchev–Trinajstić information content (AvgIpc) is 2.82. The third-order valence-electron chi connectivity index (χ3n) is 2.79. The molecule has 0 unspecified atom stereocenters. The van der Waals surface area contributed by atoms with Gasteiger partial charge < -0.3 is 10.1 Å². The van der Waals surface area contributed by atoms with Crippen LogP contribution in [0.5, 0.6) is 0 Å². The Morgan fingerprint density at radius 2 is 2.28 bits per heavy atom. The number of carboxylic acid groups (broad SMARTS) is 1. The van der Waals surface area contributed by atoms with Crippen LogP contribution in [0.3, 0.4) is 0 Å². The molecule has 3 aromatic rings. The van der Waals surface area contributed by atoms with E-state index < -0.39 is 5.97 Å². The van der Waals surface area contributed by atoms with Crippen LogP contribution in [0, 0.1) is 0 Å². The Hall–Kier alpha value is -2.08. The standard InChI is InChI=1S/C12H9N3O2S/c1-18-12-14-4-6-2-3-7-8(11(16)17)5-13-10(7)9(6)15-12/h2-5,13H,1H3,(H,16,17). The van der Waals surface area contributed by atoms with Crippen molar-refractivity contribution in [3.63, 3.8) is 0 Å². The first-order chi connectivity index (χ1) is 8.70. The van der Waals surface area contributed by atoms with E-state index in [4.69, 9.17) is 5.11 Å². The Morgan fingerprint density at radius 1 is 1.44 bits per heavy atom. The van der Waals surface area contributed by atoms with Gasteiger partial charge in [-0.3, -0.25) is 0 Å². The molecule has 0 aliphatic rings. The molecule has 2 aromatic heterocycles. The van der Waals surface area contributed by atoms with Crippen LogP contribution in [-0.2, 0) is 0 Å². The van der Waals surface area contributed by atoms with Crippen molar-refractivity contribution >= 4 is 39.5 Å². The molecule has 2 heterocycles. The van der Waals surface area contributed by atoms with Crippen LogP contribution in [0.25, 0.3) is 21.8 Å². The summed E-state index contributed by atoms with van der Waals surface area (Å²) in [6, 6.07) is 3.61. The molecule has 6 heteroatoms. The second-order valence-electron chi connectivity index (χ2n) is 3.79. The van der Waals surface area contributed by atoms with Crippen molar-refractivity contribution in [3.8, 4) is 0 Å². The van der Waals surface area contributed by atoms with Crippen molar-refractivity contribution in [2.75, 3.05) is 6.26 Å². The number of hydrogen-bond donors (Lipinski definition) is 2. The molecular weight excluding hydrogens is 250 g/mol. The lowest BCUT2D eigenvalue weighted by Crippen LogP contribution is -1.93. The van der Waals surface area contributed by atoms with Crippen LogP contribution in [0.4, 0.5) is 0 Å². The number of hydrogen-bond acceptors (Lipinski definition) is 4. The number of nitrogens with one attached hydrogen (secondary N) is 1. The highest BCUT2D eigenvalue weighted by atomic mass is 32.2. The Labute approximate surface area is 106 Å². The minimum atomic E-state index is -0.945. The smallest absolute Gasteiger partial charge is 0.337 e. The Balaban J connectivity index is 2.41. The fraction of sp³-hybridized carbons (Fsp3) is 0.0833. The average molecular weight is 259 g/mol. The van der Waals surface area contributed by atoms with Crippen molar-refractivity contribution in [2.45, 2.75) is 5.16 Å². The number of carbonyl (C=O) groups is 1. The number of fused-ring (bicyclic) bond motifs is 3. The predicted octanol–water partition coefficient (Wildman–Crippen LogP) is 2.53. The first-order valence-corrected chi connectivity index (χ1v) is 6.47. The van der Waals surface area contributed by atoms with E-state index in [1.165, 1.54) is 18.0 Å².